The van der Waals surface area contributed by atoms with Crippen LogP contribution in [0.1, 0.15) is 37.4 Å². The number of rotatable bonds is 11. The van der Waals surface area contributed by atoms with Crippen molar-refractivity contribution in [1.29, 1.82) is 0 Å². The first-order valence-corrected chi connectivity index (χ1v) is 14.5. The molecular formula is C38H29ClN2O4. The number of ketones is 1. The number of nitrogens with one attached hydrogen (secondary N) is 2. The Morgan fingerprint density at radius 3 is 2.07 bits per heavy atom. The summed E-state index contributed by atoms with van der Waals surface area (Å²) in [6.45, 7) is 0.430. The number of anilines is 1. The van der Waals surface area contributed by atoms with Gasteiger partial charge in [0, 0.05) is 21.8 Å². The van der Waals surface area contributed by atoms with Gasteiger partial charge < -0.3 is 15.4 Å². The summed E-state index contributed by atoms with van der Waals surface area (Å²) in [6, 6.07) is 39.4. The molecule has 0 atom stereocenters. The van der Waals surface area contributed by atoms with Crippen LogP contribution in [-0.4, -0.2) is 17.6 Å². The van der Waals surface area contributed by atoms with Crippen molar-refractivity contribution in [1.82, 2.24) is 5.32 Å². The topological polar surface area (TPSA) is 84.5 Å². The maximum absolute atomic E-state index is 13.4. The highest BCUT2D eigenvalue weighted by Gasteiger charge is 2.15. The van der Waals surface area contributed by atoms with Crippen LogP contribution in [0.3, 0.4) is 0 Å². The van der Waals surface area contributed by atoms with E-state index >= 15 is 0 Å². The van der Waals surface area contributed by atoms with Gasteiger partial charge in [-0.25, -0.2) is 0 Å². The molecule has 7 heteroatoms. The minimum Gasteiger partial charge on any atom is -0.489 e. The molecule has 2 amide bonds. The number of amides is 2. The van der Waals surface area contributed by atoms with Crippen molar-refractivity contribution in [2.45, 2.75) is 6.61 Å². The van der Waals surface area contributed by atoms with Gasteiger partial charge in [0.15, 0.2) is 5.78 Å². The molecule has 5 aromatic carbocycles. The van der Waals surface area contributed by atoms with Gasteiger partial charge in [-0.3, -0.25) is 14.4 Å². The van der Waals surface area contributed by atoms with Crippen LogP contribution in [0.4, 0.5) is 5.69 Å². The van der Waals surface area contributed by atoms with E-state index in [0.29, 0.717) is 39.8 Å². The molecule has 0 unspecified atom stereocenters. The van der Waals surface area contributed by atoms with Crippen molar-refractivity contribution in [3.63, 3.8) is 0 Å². The maximum Gasteiger partial charge on any atom is 0.272 e. The minimum atomic E-state index is -0.524. The Balaban J connectivity index is 1.29. The number of hydrogen-bond acceptors (Lipinski definition) is 4. The Labute approximate surface area is 266 Å². The van der Waals surface area contributed by atoms with Gasteiger partial charge in [-0.05, 0) is 89.5 Å². The van der Waals surface area contributed by atoms with Gasteiger partial charge >= 0.3 is 0 Å². The molecule has 0 bridgehead atoms. The molecule has 5 aromatic rings. The van der Waals surface area contributed by atoms with Crippen LogP contribution in [0.5, 0.6) is 5.75 Å². The first-order chi connectivity index (χ1) is 21.9. The normalized spacial score (nSPS) is 11.2. The second-order valence-electron chi connectivity index (χ2n) is 10.0. The Bertz CT molecular complexity index is 1830. The van der Waals surface area contributed by atoms with Crippen LogP contribution in [0, 0.1) is 0 Å². The van der Waals surface area contributed by atoms with Crippen LogP contribution in [0.25, 0.3) is 12.2 Å². The van der Waals surface area contributed by atoms with Crippen molar-refractivity contribution in [3.05, 3.63) is 178 Å². The van der Waals surface area contributed by atoms with E-state index in [-0.39, 0.29) is 11.5 Å². The van der Waals surface area contributed by atoms with Gasteiger partial charge in [-0.1, -0.05) is 90.5 Å². The van der Waals surface area contributed by atoms with Crippen molar-refractivity contribution >= 4 is 47.0 Å². The molecule has 2 N–H and O–H groups in total. The summed E-state index contributed by atoms with van der Waals surface area (Å²) in [4.78, 5) is 39.1. The van der Waals surface area contributed by atoms with Crippen LogP contribution >= 0.6 is 11.6 Å². The molecule has 0 spiro atoms. The lowest BCUT2D eigenvalue weighted by molar-refractivity contribution is -0.113. The zero-order valence-corrected chi connectivity index (χ0v) is 24.9. The molecule has 0 aliphatic heterocycles. The summed E-state index contributed by atoms with van der Waals surface area (Å²) in [5, 5.41) is 6.13. The monoisotopic (exact) mass is 612 g/mol. The first-order valence-electron chi connectivity index (χ1n) is 14.2. The van der Waals surface area contributed by atoms with Crippen molar-refractivity contribution in [2.75, 3.05) is 5.32 Å². The van der Waals surface area contributed by atoms with Crippen molar-refractivity contribution < 1.29 is 19.1 Å². The summed E-state index contributed by atoms with van der Waals surface area (Å²) < 4.78 is 5.87. The quantitative estimate of drug-likeness (QED) is 0.116. The predicted octanol–water partition coefficient (Wildman–Crippen LogP) is 8.22. The van der Waals surface area contributed by atoms with Gasteiger partial charge in [-0.2, -0.15) is 0 Å². The summed E-state index contributed by atoms with van der Waals surface area (Å²) in [7, 11) is 0. The molecule has 0 aliphatic rings. The Kier molecular flexibility index (Phi) is 10.3. The molecule has 0 radical (unpaired) electrons. The first kappa shape index (κ1) is 30.7. The lowest BCUT2D eigenvalue weighted by Gasteiger charge is -2.12. The second kappa shape index (κ2) is 15.1. The van der Waals surface area contributed by atoms with Gasteiger partial charge in [0.1, 0.15) is 18.1 Å². The average Bonchev–Trinajstić information content (AvgIpc) is 3.07. The summed E-state index contributed by atoms with van der Waals surface area (Å²) >= 11 is 6.01. The lowest BCUT2D eigenvalue weighted by atomic mass is 10.1. The van der Waals surface area contributed by atoms with E-state index in [4.69, 9.17) is 16.3 Å². The Hall–Kier alpha value is -5.72. The highest BCUT2D eigenvalue weighted by Crippen LogP contribution is 2.18. The number of allylic oxidation sites excluding steroid dienone is 1. The number of benzene rings is 5. The summed E-state index contributed by atoms with van der Waals surface area (Å²) in [6.07, 6.45) is 4.76. The van der Waals surface area contributed by atoms with Crippen molar-refractivity contribution in [3.8, 4) is 5.75 Å². The van der Waals surface area contributed by atoms with E-state index < -0.39 is 11.8 Å². The second-order valence-corrected chi connectivity index (χ2v) is 10.4. The number of hydrogen-bond donors (Lipinski definition) is 2. The zero-order chi connectivity index (χ0) is 31.4. The SMILES string of the molecule is O=C(Nc1ccc(C(=O)/C=C/c2cccc(Cl)c2)cc1)/C(=C/c1ccc(OCc2ccccc2)cc1)NC(=O)c1ccccc1. The van der Waals surface area contributed by atoms with E-state index in [9.17, 15) is 14.4 Å². The van der Waals surface area contributed by atoms with E-state index in [1.54, 1.807) is 97.1 Å². The van der Waals surface area contributed by atoms with Crippen molar-refractivity contribution in [2.24, 2.45) is 0 Å². The smallest absolute Gasteiger partial charge is 0.272 e. The predicted molar refractivity (Wildman–Crippen MR) is 179 cm³/mol. The fourth-order valence-corrected chi connectivity index (χ4v) is 4.50. The number of ether oxygens (including phenoxy) is 1. The lowest BCUT2D eigenvalue weighted by Crippen LogP contribution is -2.30. The van der Waals surface area contributed by atoms with E-state index in [2.05, 4.69) is 10.6 Å². The molecule has 0 saturated heterocycles. The summed E-state index contributed by atoms with van der Waals surface area (Å²) in [5.74, 6) is -0.469. The van der Waals surface area contributed by atoms with E-state index in [1.165, 1.54) is 6.08 Å². The van der Waals surface area contributed by atoms with Crippen LogP contribution < -0.4 is 15.4 Å². The third-order valence-electron chi connectivity index (χ3n) is 6.67. The largest absolute Gasteiger partial charge is 0.489 e. The number of carbonyl (C=O) groups excluding carboxylic acids is 3. The molecule has 6 nitrogen and oxygen atoms in total. The van der Waals surface area contributed by atoms with Gasteiger partial charge in [0.2, 0.25) is 0 Å². The molecular weight excluding hydrogens is 584 g/mol. The fourth-order valence-electron chi connectivity index (χ4n) is 4.30. The van der Waals surface area contributed by atoms with Gasteiger partial charge in [0.25, 0.3) is 11.8 Å². The molecule has 0 saturated carbocycles. The maximum atomic E-state index is 13.4. The Morgan fingerprint density at radius 2 is 1.38 bits per heavy atom. The highest BCUT2D eigenvalue weighted by atomic mass is 35.5. The van der Waals surface area contributed by atoms with Crippen LogP contribution in [0.2, 0.25) is 5.02 Å². The van der Waals surface area contributed by atoms with Gasteiger partial charge in [-0.15, -0.1) is 0 Å². The van der Waals surface area contributed by atoms with Gasteiger partial charge in [0.05, 0.1) is 0 Å². The molecule has 0 aromatic heterocycles. The van der Waals surface area contributed by atoms with Crippen LogP contribution in [-0.2, 0) is 11.4 Å². The van der Waals surface area contributed by atoms with E-state index in [0.717, 1.165) is 11.1 Å². The Morgan fingerprint density at radius 1 is 0.689 bits per heavy atom. The molecule has 0 heterocycles. The third-order valence-corrected chi connectivity index (χ3v) is 6.91. The molecule has 45 heavy (non-hydrogen) atoms. The zero-order valence-electron chi connectivity index (χ0n) is 24.2. The number of halogens is 1. The average molecular weight is 613 g/mol. The standard InChI is InChI=1S/C38H29ClN2O4/c39-32-13-7-10-27(24-32)16-23-36(42)30-17-19-33(20-18-30)40-38(44)35(41-37(43)31-11-5-2-6-12-31)25-28-14-21-34(22-15-28)45-26-29-8-3-1-4-9-29/h1-25H,26H2,(H,40,44)(H,41,43)/b23-16+,35-25-. The highest BCUT2D eigenvalue weighted by molar-refractivity contribution is 6.30. The number of carbonyl (C=O) groups is 3. The third kappa shape index (κ3) is 9.13. The molecule has 5 rings (SSSR count). The molecule has 222 valence electrons. The van der Waals surface area contributed by atoms with Crippen LogP contribution in [0.15, 0.2) is 145 Å². The van der Waals surface area contributed by atoms with E-state index in [1.807, 2.05) is 48.5 Å². The minimum absolute atomic E-state index is 0.0476. The molecule has 0 fully saturated rings. The molecule has 0 aliphatic carbocycles. The summed E-state index contributed by atoms with van der Waals surface area (Å²) in [5.41, 5.74) is 3.92. The fraction of sp³-hybridized carbons (Fsp3) is 0.0263.